The van der Waals surface area contributed by atoms with E-state index >= 15 is 0 Å². The van der Waals surface area contributed by atoms with Crippen LogP contribution in [-0.2, 0) is 0 Å². The van der Waals surface area contributed by atoms with Gasteiger partial charge in [0, 0.05) is 0 Å². The molecule has 0 heterocycles. The lowest BCUT2D eigenvalue weighted by molar-refractivity contribution is 0.347. The van der Waals surface area contributed by atoms with Crippen LogP contribution in [0.1, 0.15) is 27.2 Å². The third kappa shape index (κ3) is 1.39. The molecule has 1 heteroatoms. The van der Waals surface area contributed by atoms with Crippen LogP contribution >= 0.6 is 0 Å². The molecule has 0 spiro atoms. The van der Waals surface area contributed by atoms with E-state index in [1.54, 1.807) is 6.08 Å². The molecule has 0 aromatic carbocycles. The molecule has 0 saturated heterocycles. The molecular formula is C9H15N. The summed E-state index contributed by atoms with van der Waals surface area (Å²) in [7, 11) is 0. The number of nitriles is 1. The highest BCUT2D eigenvalue weighted by Crippen LogP contribution is 2.31. The zero-order valence-corrected chi connectivity index (χ0v) is 7.02. The van der Waals surface area contributed by atoms with E-state index in [4.69, 9.17) is 5.26 Å². The molecule has 10 heavy (non-hydrogen) atoms. The van der Waals surface area contributed by atoms with Crippen molar-refractivity contribution in [2.45, 2.75) is 27.2 Å². The largest absolute Gasteiger partial charge is 0.197 e. The van der Waals surface area contributed by atoms with Gasteiger partial charge in [-0.2, -0.15) is 5.26 Å². The van der Waals surface area contributed by atoms with Crippen LogP contribution in [0.5, 0.6) is 0 Å². The van der Waals surface area contributed by atoms with Crippen molar-refractivity contribution in [3.05, 3.63) is 12.7 Å². The molecule has 0 bridgehead atoms. The normalized spacial score (nSPS) is 15.9. The van der Waals surface area contributed by atoms with Crippen molar-refractivity contribution in [2.24, 2.45) is 11.3 Å². The Balaban J connectivity index is 4.51. The minimum atomic E-state index is -0.306. The number of rotatable bonds is 3. The molecule has 0 aromatic heterocycles. The molecular weight excluding hydrogens is 122 g/mol. The van der Waals surface area contributed by atoms with Crippen molar-refractivity contribution in [1.29, 1.82) is 5.26 Å². The maximum absolute atomic E-state index is 8.83. The summed E-state index contributed by atoms with van der Waals surface area (Å²) in [4.78, 5) is 0. The molecule has 0 N–H and O–H groups in total. The molecule has 0 saturated carbocycles. The average Bonchev–Trinajstić information content (AvgIpc) is 1.92. The standard InChI is InChI=1S/C9H15N/c1-5-9(6-2,7-10)8(3)4/h5,8H,1,6H2,2-4H3. The van der Waals surface area contributed by atoms with E-state index in [0.717, 1.165) is 6.42 Å². The summed E-state index contributed by atoms with van der Waals surface area (Å²) >= 11 is 0. The van der Waals surface area contributed by atoms with Crippen molar-refractivity contribution >= 4 is 0 Å². The zero-order valence-electron chi connectivity index (χ0n) is 7.02. The summed E-state index contributed by atoms with van der Waals surface area (Å²) in [6.07, 6.45) is 2.61. The second-order valence-electron chi connectivity index (χ2n) is 2.86. The maximum atomic E-state index is 8.83. The van der Waals surface area contributed by atoms with Gasteiger partial charge in [-0.3, -0.25) is 0 Å². The van der Waals surface area contributed by atoms with Crippen LogP contribution in [0, 0.1) is 22.7 Å². The molecule has 0 amide bonds. The SMILES string of the molecule is C=CC(C#N)(CC)C(C)C. The summed E-state index contributed by atoms with van der Waals surface area (Å²) in [5.41, 5.74) is -0.306. The van der Waals surface area contributed by atoms with Crippen LogP contribution in [0.25, 0.3) is 0 Å². The van der Waals surface area contributed by atoms with Gasteiger partial charge in [0.15, 0.2) is 0 Å². The fourth-order valence-electron chi connectivity index (χ4n) is 1.04. The highest BCUT2D eigenvalue weighted by Gasteiger charge is 2.27. The molecule has 1 atom stereocenters. The van der Waals surface area contributed by atoms with E-state index in [1.165, 1.54) is 0 Å². The molecule has 0 radical (unpaired) electrons. The number of hydrogen-bond donors (Lipinski definition) is 0. The molecule has 0 aliphatic carbocycles. The first-order valence-electron chi connectivity index (χ1n) is 3.67. The summed E-state index contributed by atoms with van der Waals surface area (Å²) in [6.45, 7) is 9.79. The Kier molecular flexibility index (Phi) is 3.15. The molecule has 0 aliphatic heterocycles. The first-order chi connectivity index (χ1) is 4.63. The predicted octanol–water partition coefficient (Wildman–Crippen LogP) is 2.75. The Hall–Kier alpha value is -0.770. The number of nitrogens with zero attached hydrogens (tertiary/aromatic N) is 1. The second kappa shape index (κ2) is 3.41. The monoisotopic (exact) mass is 137 g/mol. The van der Waals surface area contributed by atoms with Crippen molar-refractivity contribution < 1.29 is 0 Å². The zero-order chi connectivity index (χ0) is 8.20. The van der Waals surface area contributed by atoms with Gasteiger partial charge in [0.1, 0.15) is 0 Å². The highest BCUT2D eigenvalue weighted by atomic mass is 14.4. The first kappa shape index (κ1) is 9.23. The lowest BCUT2D eigenvalue weighted by atomic mass is 9.77. The lowest BCUT2D eigenvalue weighted by Crippen LogP contribution is -2.21. The van der Waals surface area contributed by atoms with E-state index in [2.05, 4.69) is 26.5 Å². The van der Waals surface area contributed by atoms with E-state index in [9.17, 15) is 0 Å². The van der Waals surface area contributed by atoms with Crippen molar-refractivity contribution in [3.63, 3.8) is 0 Å². The fourth-order valence-corrected chi connectivity index (χ4v) is 1.04. The van der Waals surface area contributed by atoms with Gasteiger partial charge in [-0.05, 0) is 12.3 Å². The third-order valence-electron chi connectivity index (χ3n) is 2.19. The smallest absolute Gasteiger partial charge is 0.0771 e. The van der Waals surface area contributed by atoms with Crippen molar-refractivity contribution in [1.82, 2.24) is 0 Å². The Morgan fingerprint density at radius 3 is 2.20 bits per heavy atom. The van der Waals surface area contributed by atoms with E-state index < -0.39 is 0 Å². The lowest BCUT2D eigenvalue weighted by Gasteiger charge is -2.24. The Morgan fingerprint density at radius 1 is 1.70 bits per heavy atom. The van der Waals surface area contributed by atoms with Crippen LogP contribution < -0.4 is 0 Å². The third-order valence-corrected chi connectivity index (χ3v) is 2.19. The maximum Gasteiger partial charge on any atom is 0.0771 e. The van der Waals surface area contributed by atoms with Crippen molar-refractivity contribution in [2.75, 3.05) is 0 Å². The Labute approximate surface area is 63.4 Å². The van der Waals surface area contributed by atoms with Gasteiger partial charge in [0.25, 0.3) is 0 Å². The predicted molar refractivity (Wildman–Crippen MR) is 43.4 cm³/mol. The minimum Gasteiger partial charge on any atom is -0.197 e. The van der Waals surface area contributed by atoms with Gasteiger partial charge in [-0.15, -0.1) is 6.58 Å². The Bertz CT molecular complexity index is 153. The van der Waals surface area contributed by atoms with Crippen LogP contribution in [0.2, 0.25) is 0 Å². The summed E-state index contributed by atoms with van der Waals surface area (Å²) in [5.74, 6) is 0.361. The molecule has 1 unspecified atom stereocenters. The summed E-state index contributed by atoms with van der Waals surface area (Å²) in [6, 6.07) is 2.30. The molecule has 0 aliphatic rings. The van der Waals surface area contributed by atoms with E-state index in [1.807, 2.05) is 6.92 Å². The van der Waals surface area contributed by atoms with Gasteiger partial charge in [0.05, 0.1) is 11.5 Å². The molecule has 0 fully saturated rings. The molecule has 0 rings (SSSR count). The first-order valence-corrected chi connectivity index (χ1v) is 3.67. The minimum absolute atomic E-state index is 0.306. The molecule has 56 valence electrons. The summed E-state index contributed by atoms with van der Waals surface area (Å²) < 4.78 is 0. The quantitative estimate of drug-likeness (QED) is 0.549. The van der Waals surface area contributed by atoms with Gasteiger partial charge in [-0.25, -0.2) is 0 Å². The van der Waals surface area contributed by atoms with Crippen molar-refractivity contribution in [3.8, 4) is 6.07 Å². The van der Waals surface area contributed by atoms with E-state index in [-0.39, 0.29) is 5.41 Å². The fraction of sp³-hybridized carbons (Fsp3) is 0.667. The topological polar surface area (TPSA) is 23.8 Å². The number of allylic oxidation sites excluding steroid dienone is 1. The van der Waals surface area contributed by atoms with Gasteiger partial charge in [0.2, 0.25) is 0 Å². The van der Waals surface area contributed by atoms with Crippen LogP contribution in [0.3, 0.4) is 0 Å². The molecule has 0 aromatic rings. The van der Waals surface area contributed by atoms with E-state index in [0.29, 0.717) is 5.92 Å². The van der Waals surface area contributed by atoms with Gasteiger partial charge in [-0.1, -0.05) is 26.8 Å². The van der Waals surface area contributed by atoms with Gasteiger partial charge >= 0.3 is 0 Å². The van der Waals surface area contributed by atoms with Crippen LogP contribution in [-0.4, -0.2) is 0 Å². The summed E-state index contributed by atoms with van der Waals surface area (Å²) in [5, 5.41) is 8.83. The Morgan fingerprint density at radius 2 is 2.20 bits per heavy atom. The van der Waals surface area contributed by atoms with Gasteiger partial charge < -0.3 is 0 Å². The average molecular weight is 137 g/mol. The second-order valence-corrected chi connectivity index (χ2v) is 2.86. The molecule has 1 nitrogen and oxygen atoms in total. The highest BCUT2D eigenvalue weighted by molar-refractivity contribution is 5.10. The van der Waals surface area contributed by atoms with Crippen LogP contribution in [0.4, 0.5) is 0 Å². The number of hydrogen-bond acceptors (Lipinski definition) is 1. The van der Waals surface area contributed by atoms with Crippen LogP contribution in [0.15, 0.2) is 12.7 Å².